The van der Waals surface area contributed by atoms with Crippen molar-refractivity contribution in [2.24, 2.45) is 5.92 Å². The molecule has 1 atom stereocenters. The van der Waals surface area contributed by atoms with Crippen LogP contribution in [0.15, 0.2) is 17.4 Å². The average Bonchev–Trinajstić information content (AvgIpc) is 2.69. The first-order valence-electron chi connectivity index (χ1n) is 4.76. The maximum absolute atomic E-state index is 5.70. The zero-order valence-corrected chi connectivity index (χ0v) is 8.76. The summed E-state index contributed by atoms with van der Waals surface area (Å²) in [5.74, 6) is 2.38. The molecule has 0 aromatic carbocycles. The Hall–Kier alpha value is -0.810. The van der Waals surface area contributed by atoms with Gasteiger partial charge in [0.15, 0.2) is 5.82 Å². The number of thioether (sulfide) groups is 1. The van der Waals surface area contributed by atoms with Crippen molar-refractivity contribution < 1.29 is 0 Å². The van der Waals surface area contributed by atoms with E-state index >= 15 is 0 Å². The molecule has 1 aliphatic heterocycles. The molecule has 0 aliphatic carbocycles. The van der Waals surface area contributed by atoms with Crippen LogP contribution in [0.25, 0.3) is 0 Å². The summed E-state index contributed by atoms with van der Waals surface area (Å²) in [5, 5.41) is 4.20. The predicted molar refractivity (Wildman–Crippen MR) is 58.1 cm³/mol. The zero-order chi connectivity index (χ0) is 9.80. The minimum atomic E-state index is 0.545. The van der Waals surface area contributed by atoms with E-state index in [1.54, 1.807) is 24.2 Å². The summed E-state index contributed by atoms with van der Waals surface area (Å²) >= 11 is 1.71. The molecule has 1 saturated heterocycles. The fraction of sp³-hybridized carbons (Fsp3) is 0.556. The lowest BCUT2D eigenvalue weighted by molar-refractivity contribution is 0.662. The number of rotatable bonds is 3. The van der Waals surface area contributed by atoms with Gasteiger partial charge in [0.2, 0.25) is 0 Å². The van der Waals surface area contributed by atoms with Gasteiger partial charge in [-0.25, -0.2) is 9.97 Å². The van der Waals surface area contributed by atoms with Gasteiger partial charge in [0.25, 0.3) is 0 Å². The normalized spacial score (nSPS) is 21.3. The summed E-state index contributed by atoms with van der Waals surface area (Å²) in [7, 11) is 0. The largest absolute Gasteiger partial charge is 0.381 e. The van der Waals surface area contributed by atoms with Crippen LogP contribution in [0, 0.1) is 5.92 Å². The van der Waals surface area contributed by atoms with Gasteiger partial charge in [0.1, 0.15) is 5.03 Å². The monoisotopic (exact) mass is 210 g/mol. The van der Waals surface area contributed by atoms with E-state index in [1.165, 1.54) is 6.42 Å². The molecule has 4 nitrogen and oxygen atoms in total. The molecule has 0 bridgehead atoms. The summed E-state index contributed by atoms with van der Waals surface area (Å²) in [6.07, 6.45) is 4.56. The molecular formula is C9H14N4S. The first-order chi connectivity index (χ1) is 6.86. The first-order valence-corrected chi connectivity index (χ1v) is 5.75. The van der Waals surface area contributed by atoms with Crippen molar-refractivity contribution in [1.29, 1.82) is 0 Å². The molecule has 2 rings (SSSR count). The molecule has 1 aromatic rings. The Kier molecular flexibility index (Phi) is 3.21. The van der Waals surface area contributed by atoms with Crippen LogP contribution in [-0.2, 0) is 0 Å². The summed E-state index contributed by atoms with van der Waals surface area (Å²) in [6, 6.07) is 0. The Morgan fingerprint density at radius 2 is 2.36 bits per heavy atom. The molecule has 1 aromatic heterocycles. The van der Waals surface area contributed by atoms with Crippen molar-refractivity contribution in [2.45, 2.75) is 11.4 Å². The standard InChI is InChI=1S/C9H14N4S/c10-8-9(13-4-3-12-8)14-6-7-1-2-11-5-7/h3-4,7,11H,1-2,5-6H2,(H2,10,12). The molecule has 3 N–H and O–H groups in total. The minimum absolute atomic E-state index is 0.545. The molecule has 1 fully saturated rings. The molecule has 14 heavy (non-hydrogen) atoms. The van der Waals surface area contributed by atoms with E-state index in [2.05, 4.69) is 15.3 Å². The van der Waals surface area contributed by atoms with Gasteiger partial charge in [-0.05, 0) is 25.4 Å². The smallest absolute Gasteiger partial charge is 0.156 e. The van der Waals surface area contributed by atoms with E-state index in [0.29, 0.717) is 5.82 Å². The molecule has 5 heteroatoms. The molecule has 2 heterocycles. The van der Waals surface area contributed by atoms with Crippen LogP contribution in [0.5, 0.6) is 0 Å². The van der Waals surface area contributed by atoms with Crippen molar-refractivity contribution in [1.82, 2.24) is 15.3 Å². The number of hydrogen-bond donors (Lipinski definition) is 2. The highest BCUT2D eigenvalue weighted by molar-refractivity contribution is 7.99. The zero-order valence-electron chi connectivity index (χ0n) is 7.94. The predicted octanol–water partition coefficient (Wildman–Crippen LogP) is 0.760. The van der Waals surface area contributed by atoms with Crippen LogP contribution in [0.2, 0.25) is 0 Å². The lowest BCUT2D eigenvalue weighted by Gasteiger charge is -2.07. The maximum Gasteiger partial charge on any atom is 0.156 e. The number of nitrogens with zero attached hydrogens (tertiary/aromatic N) is 2. The van der Waals surface area contributed by atoms with E-state index in [1.807, 2.05) is 0 Å². The number of nitrogens with two attached hydrogens (primary N) is 1. The van der Waals surface area contributed by atoms with Gasteiger partial charge in [0, 0.05) is 18.1 Å². The van der Waals surface area contributed by atoms with Gasteiger partial charge in [-0.1, -0.05) is 0 Å². The van der Waals surface area contributed by atoms with Crippen LogP contribution in [0.1, 0.15) is 6.42 Å². The van der Waals surface area contributed by atoms with E-state index < -0.39 is 0 Å². The van der Waals surface area contributed by atoms with E-state index in [4.69, 9.17) is 5.73 Å². The highest BCUT2D eigenvalue weighted by Gasteiger charge is 2.15. The van der Waals surface area contributed by atoms with Crippen molar-refractivity contribution >= 4 is 17.6 Å². The highest BCUT2D eigenvalue weighted by Crippen LogP contribution is 2.24. The van der Waals surface area contributed by atoms with E-state index in [-0.39, 0.29) is 0 Å². The molecule has 0 amide bonds. The quantitative estimate of drug-likeness (QED) is 0.721. The van der Waals surface area contributed by atoms with Gasteiger partial charge in [-0.15, -0.1) is 11.8 Å². The van der Waals surface area contributed by atoms with Crippen LogP contribution in [0.4, 0.5) is 5.82 Å². The molecule has 76 valence electrons. The third kappa shape index (κ3) is 2.36. The summed E-state index contributed by atoms with van der Waals surface area (Å²) in [6.45, 7) is 2.26. The van der Waals surface area contributed by atoms with Gasteiger partial charge >= 0.3 is 0 Å². The summed E-state index contributed by atoms with van der Waals surface area (Å²) < 4.78 is 0. The molecule has 0 saturated carbocycles. The SMILES string of the molecule is Nc1nccnc1SCC1CCNC1. The lowest BCUT2D eigenvalue weighted by atomic mass is 10.2. The van der Waals surface area contributed by atoms with Crippen LogP contribution in [-0.4, -0.2) is 28.8 Å². The van der Waals surface area contributed by atoms with Crippen molar-refractivity contribution in [3.63, 3.8) is 0 Å². The van der Waals surface area contributed by atoms with Crippen LogP contribution < -0.4 is 11.1 Å². The van der Waals surface area contributed by atoms with Crippen LogP contribution in [0.3, 0.4) is 0 Å². The topological polar surface area (TPSA) is 63.8 Å². The Bertz CT molecular complexity index is 299. The molecular weight excluding hydrogens is 196 g/mol. The Morgan fingerprint density at radius 1 is 1.50 bits per heavy atom. The second-order valence-electron chi connectivity index (χ2n) is 3.42. The fourth-order valence-electron chi connectivity index (χ4n) is 1.50. The third-order valence-electron chi connectivity index (χ3n) is 2.31. The number of aromatic nitrogens is 2. The molecule has 0 spiro atoms. The second kappa shape index (κ2) is 4.61. The lowest BCUT2D eigenvalue weighted by Crippen LogP contribution is -2.10. The number of anilines is 1. The van der Waals surface area contributed by atoms with Gasteiger partial charge in [0.05, 0.1) is 0 Å². The molecule has 1 aliphatic rings. The third-order valence-corrected chi connectivity index (χ3v) is 3.54. The summed E-state index contributed by atoms with van der Waals surface area (Å²) in [5.41, 5.74) is 5.70. The Balaban J connectivity index is 1.88. The maximum atomic E-state index is 5.70. The first kappa shape index (κ1) is 9.73. The van der Waals surface area contributed by atoms with Crippen molar-refractivity contribution in [3.05, 3.63) is 12.4 Å². The van der Waals surface area contributed by atoms with Crippen LogP contribution >= 0.6 is 11.8 Å². The Morgan fingerprint density at radius 3 is 3.07 bits per heavy atom. The second-order valence-corrected chi connectivity index (χ2v) is 4.43. The Labute approximate surface area is 87.7 Å². The number of hydrogen-bond acceptors (Lipinski definition) is 5. The van der Waals surface area contributed by atoms with Gasteiger partial charge < -0.3 is 11.1 Å². The minimum Gasteiger partial charge on any atom is -0.381 e. The average molecular weight is 210 g/mol. The van der Waals surface area contributed by atoms with Gasteiger partial charge in [-0.3, -0.25) is 0 Å². The summed E-state index contributed by atoms with van der Waals surface area (Å²) in [4.78, 5) is 8.20. The number of nitrogen functional groups attached to an aromatic ring is 1. The molecule has 0 radical (unpaired) electrons. The van der Waals surface area contributed by atoms with Crippen molar-refractivity contribution in [2.75, 3.05) is 24.6 Å². The number of nitrogens with one attached hydrogen (secondary N) is 1. The highest BCUT2D eigenvalue weighted by atomic mass is 32.2. The van der Waals surface area contributed by atoms with E-state index in [0.717, 1.165) is 29.8 Å². The van der Waals surface area contributed by atoms with Crippen molar-refractivity contribution in [3.8, 4) is 0 Å². The van der Waals surface area contributed by atoms with E-state index in [9.17, 15) is 0 Å². The molecule has 1 unspecified atom stereocenters. The fourth-order valence-corrected chi connectivity index (χ4v) is 2.51. The van der Waals surface area contributed by atoms with Gasteiger partial charge in [-0.2, -0.15) is 0 Å².